The number of rotatable bonds is 14. The van der Waals surface area contributed by atoms with Gasteiger partial charge in [0.1, 0.15) is 23.8 Å². The van der Waals surface area contributed by atoms with E-state index in [9.17, 15) is 52.6 Å². The lowest BCUT2D eigenvalue weighted by Gasteiger charge is -2.37. The van der Waals surface area contributed by atoms with E-state index in [1.165, 1.54) is 13.8 Å². The van der Waals surface area contributed by atoms with Crippen LogP contribution in [0.5, 0.6) is 0 Å². The van der Waals surface area contributed by atoms with E-state index in [0.29, 0.717) is 0 Å². The predicted octanol–water partition coefficient (Wildman–Crippen LogP) is -1.00. The van der Waals surface area contributed by atoms with Crippen LogP contribution in [0.25, 0.3) is 0 Å². The van der Waals surface area contributed by atoms with Crippen LogP contribution in [0.15, 0.2) is 0 Å². The summed E-state index contributed by atoms with van der Waals surface area (Å²) in [5.74, 6) is -1.78. The third kappa shape index (κ3) is 16.4. The zero-order chi connectivity index (χ0) is 36.6. The Labute approximate surface area is 268 Å². The molecule has 0 aliphatic carbocycles. The van der Waals surface area contributed by atoms with Crippen LogP contribution in [0.3, 0.4) is 0 Å². The lowest BCUT2D eigenvalue weighted by molar-refractivity contribution is -0.237. The highest BCUT2D eigenvalue weighted by atomic mass is 32.5. The Morgan fingerprint density at radius 2 is 1.09 bits per heavy atom. The Morgan fingerprint density at radius 1 is 0.696 bits per heavy atom. The standard InChI is InChI=1S/C9H21O11P3.C8H19O11P3S/c1-8(2)4-7(10)9(3,19-8)5-18-23(16,17)20-22(14,15)6-21(11,12)13;1-7(2)4-6(9)8(3,17-7)5-16-22(15,23)19-21(13,14)18-20(10,11)12/h7,10H,4-6H2,1-3H3,(H,14,15)(H,16,17)(H2,11,12,13);6,9H,4-5H2,1-3H3,(H,13,14)(H,15,23)(H2,10,11,12)/p-4/t7?,9-;6?,8-,22?/m11/s1. The molecule has 8 atom stereocenters. The number of hydrogen-bond donors (Lipinski definition) is 6. The smallest absolute Gasteiger partial charge is 0.476 e. The van der Waals surface area contributed by atoms with Gasteiger partial charge in [-0.3, -0.25) is 22.3 Å². The van der Waals surface area contributed by atoms with E-state index >= 15 is 0 Å². The third-order valence-electron chi connectivity index (χ3n) is 5.81. The van der Waals surface area contributed by atoms with Crippen LogP contribution in [0.2, 0.25) is 0 Å². The highest BCUT2D eigenvalue weighted by molar-refractivity contribution is 8.07. The topological polar surface area (TPSA) is 364 Å². The SMILES string of the molecule is CC1(C)CC(O)[C@@](C)(COP(=O)([O-])OP(=O)([O-])CP(=O)(O)O)O1.CC1(C)CC(O)[C@@](C)(COP([O-])(=S)OP(=O)([O-])OP(=O)(O)O)O1. The Kier molecular flexibility index (Phi) is 14.7. The van der Waals surface area contributed by atoms with Gasteiger partial charge in [0, 0.05) is 12.8 Å². The van der Waals surface area contributed by atoms with Crippen LogP contribution in [-0.4, -0.2) is 83.5 Å². The minimum atomic E-state index is -5.67. The van der Waals surface area contributed by atoms with Gasteiger partial charge < -0.3 is 72.4 Å². The van der Waals surface area contributed by atoms with E-state index in [-0.39, 0.29) is 12.8 Å². The van der Waals surface area contributed by atoms with E-state index in [1.807, 2.05) is 0 Å². The van der Waals surface area contributed by atoms with Crippen molar-refractivity contribution in [1.82, 2.24) is 0 Å². The summed E-state index contributed by atoms with van der Waals surface area (Å²) < 4.78 is 86.2. The third-order valence-corrected chi connectivity index (χ3v) is 15.5. The Bertz CT molecular complexity index is 1270. The second kappa shape index (κ2) is 15.0. The molecule has 22 nitrogen and oxygen atoms in total. The molecule has 0 saturated carbocycles. The van der Waals surface area contributed by atoms with E-state index in [4.69, 9.17) is 29.0 Å². The summed E-state index contributed by atoms with van der Waals surface area (Å²) in [6, 6.07) is 0. The molecule has 46 heavy (non-hydrogen) atoms. The molecule has 0 aromatic heterocycles. The fraction of sp³-hybridized carbons (Fsp3) is 1.00. The van der Waals surface area contributed by atoms with Gasteiger partial charge >= 0.3 is 15.4 Å². The fourth-order valence-corrected chi connectivity index (χ4v) is 12.4. The van der Waals surface area contributed by atoms with Gasteiger partial charge in [-0.25, -0.2) is 8.88 Å². The minimum absolute atomic E-state index is 0.204. The lowest BCUT2D eigenvalue weighted by Crippen LogP contribution is -2.41. The van der Waals surface area contributed by atoms with Crippen molar-refractivity contribution < 1.29 is 104 Å². The van der Waals surface area contributed by atoms with Crippen molar-refractivity contribution >= 4 is 57.2 Å². The molecule has 0 bridgehead atoms. The first-order valence-electron chi connectivity index (χ1n) is 12.4. The molecular formula is C17H36O22P6S-4. The summed E-state index contributed by atoms with van der Waals surface area (Å²) in [5.41, 5.74) is -4.16. The van der Waals surface area contributed by atoms with Crippen LogP contribution in [0.4, 0.5) is 0 Å². The fourth-order valence-electron chi connectivity index (χ4n) is 4.23. The Balaban J connectivity index is 0.000000460. The molecule has 2 fully saturated rings. The van der Waals surface area contributed by atoms with E-state index in [0.717, 1.165) is 0 Å². The van der Waals surface area contributed by atoms with Crippen molar-refractivity contribution in [3.05, 3.63) is 0 Å². The summed E-state index contributed by atoms with van der Waals surface area (Å²) in [4.78, 5) is 79.7. The normalized spacial score (nSPS) is 33.1. The molecule has 29 heteroatoms. The van der Waals surface area contributed by atoms with Crippen LogP contribution < -0.4 is 19.6 Å². The second-order valence-corrected chi connectivity index (χ2v) is 23.0. The van der Waals surface area contributed by atoms with Crippen molar-refractivity contribution in [2.45, 2.75) is 89.0 Å². The van der Waals surface area contributed by atoms with Gasteiger partial charge in [0.05, 0.1) is 36.6 Å². The Morgan fingerprint density at radius 3 is 1.41 bits per heavy atom. The number of aliphatic hydroxyl groups excluding tert-OH is 2. The van der Waals surface area contributed by atoms with Crippen molar-refractivity contribution in [3.8, 4) is 0 Å². The van der Waals surface area contributed by atoms with Crippen molar-refractivity contribution in [2.24, 2.45) is 0 Å². The molecule has 2 heterocycles. The Hall–Kier alpha value is 1.12. The zero-order valence-electron chi connectivity index (χ0n) is 25.0. The molecule has 6 unspecified atom stereocenters. The number of phosphoric ester groups is 1. The lowest BCUT2D eigenvalue weighted by atomic mass is 9.97. The van der Waals surface area contributed by atoms with Gasteiger partial charge in [0.2, 0.25) is 0 Å². The first-order valence-corrected chi connectivity index (χ1v) is 23.0. The highest BCUT2D eigenvalue weighted by Gasteiger charge is 2.50. The highest BCUT2D eigenvalue weighted by Crippen LogP contribution is 2.63. The van der Waals surface area contributed by atoms with Gasteiger partial charge in [-0.2, -0.15) is 0 Å². The second-order valence-electron chi connectivity index (χ2n) is 11.8. The molecule has 2 aliphatic heterocycles. The van der Waals surface area contributed by atoms with E-state index in [2.05, 4.69) is 33.8 Å². The molecule has 0 aromatic rings. The molecule has 0 spiro atoms. The molecule has 2 rings (SSSR count). The maximum atomic E-state index is 11.8. The molecule has 276 valence electrons. The number of aliphatic hydroxyl groups is 2. The monoisotopic (exact) mass is 810 g/mol. The van der Waals surface area contributed by atoms with Gasteiger partial charge in [-0.1, -0.05) is 11.8 Å². The number of hydrogen-bond acceptors (Lipinski definition) is 19. The first-order chi connectivity index (χ1) is 19.9. The molecule has 2 aliphatic rings. The van der Waals surface area contributed by atoms with E-state index in [1.54, 1.807) is 27.7 Å². The largest absolute Gasteiger partial charge is 0.779 e. The van der Waals surface area contributed by atoms with Crippen molar-refractivity contribution in [1.29, 1.82) is 0 Å². The molecule has 0 radical (unpaired) electrons. The zero-order valence-corrected chi connectivity index (χ0v) is 31.2. The summed E-state index contributed by atoms with van der Waals surface area (Å²) in [5, 5.41) is 19.9. The molecule has 0 aromatic carbocycles. The molecule has 6 N–H and O–H groups in total. The van der Waals surface area contributed by atoms with E-state index < -0.39 is 99.1 Å². The molecular weight excluding hydrogens is 774 g/mol. The van der Waals surface area contributed by atoms with Crippen molar-refractivity contribution in [3.63, 3.8) is 0 Å². The summed E-state index contributed by atoms with van der Waals surface area (Å²) in [7, 11) is -26.9. The molecule has 2 saturated heterocycles. The van der Waals surface area contributed by atoms with Crippen LogP contribution in [-0.2, 0) is 66.1 Å². The summed E-state index contributed by atoms with van der Waals surface area (Å²) in [6.45, 7) is 3.52. The van der Waals surface area contributed by atoms with Crippen molar-refractivity contribution in [2.75, 3.05) is 19.1 Å². The quantitative estimate of drug-likeness (QED) is 0.115. The maximum Gasteiger partial charge on any atom is 0.476 e. The predicted molar refractivity (Wildman–Crippen MR) is 150 cm³/mol. The average Bonchev–Trinajstić information content (AvgIpc) is 3.05. The maximum absolute atomic E-state index is 11.8. The first kappa shape index (κ1) is 45.1. The minimum Gasteiger partial charge on any atom is -0.779 e. The van der Waals surface area contributed by atoms with Gasteiger partial charge in [-0.15, -0.1) is 0 Å². The van der Waals surface area contributed by atoms with Crippen LogP contribution in [0.1, 0.15) is 54.4 Å². The van der Waals surface area contributed by atoms with Gasteiger partial charge in [0.25, 0.3) is 15.6 Å². The van der Waals surface area contributed by atoms with Crippen LogP contribution >= 0.6 is 45.4 Å². The summed E-state index contributed by atoms with van der Waals surface area (Å²) >= 11 is 4.33. The van der Waals surface area contributed by atoms with Gasteiger partial charge in [-0.05, 0) is 41.5 Å². The average molecular weight is 810 g/mol. The molecule has 0 amide bonds. The number of phosphoric acid groups is 3. The van der Waals surface area contributed by atoms with Gasteiger partial charge in [0.15, 0.2) is 7.60 Å². The number of ether oxygens (including phenoxy) is 2. The summed E-state index contributed by atoms with van der Waals surface area (Å²) in [6.07, 6.45) is -1.61. The van der Waals surface area contributed by atoms with Crippen LogP contribution in [0, 0.1) is 0 Å².